The normalized spacial score (nSPS) is 17.9. The van der Waals surface area contributed by atoms with Gasteiger partial charge < -0.3 is 0 Å². The van der Waals surface area contributed by atoms with Crippen LogP contribution in [0.25, 0.3) is 0 Å². The van der Waals surface area contributed by atoms with Crippen molar-refractivity contribution in [1.82, 2.24) is 9.80 Å². The minimum Gasteiger partial charge on any atom is -0.292 e. The number of rotatable bonds is 2. The molecule has 0 atom stereocenters. The molecular formula is C16H15BrN2O2. The average Bonchev–Trinajstić information content (AvgIpc) is 3.06. The van der Waals surface area contributed by atoms with Crippen LogP contribution < -0.4 is 0 Å². The number of fused-ring (bicyclic) bond motifs is 1. The first-order valence-corrected chi connectivity index (χ1v) is 7.80. The van der Waals surface area contributed by atoms with Crippen molar-refractivity contribution in [2.45, 2.75) is 12.8 Å². The quantitative estimate of drug-likeness (QED) is 0.608. The summed E-state index contributed by atoms with van der Waals surface area (Å²) in [5.41, 5.74) is 0.917. The van der Waals surface area contributed by atoms with E-state index in [1.54, 1.807) is 18.2 Å². The van der Waals surface area contributed by atoms with Gasteiger partial charge in [-0.3, -0.25) is 19.4 Å². The van der Waals surface area contributed by atoms with Gasteiger partial charge >= 0.3 is 0 Å². The third kappa shape index (κ3) is 2.87. The van der Waals surface area contributed by atoms with Crippen molar-refractivity contribution in [3.8, 4) is 11.8 Å². The molecule has 0 bridgehead atoms. The number of carbonyl (C=O) groups excluding carboxylic acids is 2. The van der Waals surface area contributed by atoms with Gasteiger partial charge in [0.05, 0.1) is 24.2 Å². The van der Waals surface area contributed by atoms with Crippen molar-refractivity contribution >= 4 is 27.7 Å². The van der Waals surface area contributed by atoms with Gasteiger partial charge in [0.2, 0.25) is 0 Å². The van der Waals surface area contributed by atoms with Gasteiger partial charge in [0.1, 0.15) is 0 Å². The highest BCUT2D eigenvalue weighted by Gasteiger charge is 2.34. The first kappa shape index (κ1) is 14.3. The maximum absolute atomic E-state index is 12.2. The van der Waals surface area contributed by atoms with Crippen molar-refractivity contribution in [2.75, 3.05) is 26.2 Å². The molecule has 2 aliphatic heterocycles. The first-order chi connectivity index (χ1) is 10.2. The van der Waals surface area contributed by atoms with Gasteiger partial charge in [-0.2, -0.15) is 0 Å². The minimum atomic E-state index is -0.258. The summed E-state index contributed by atoms with van der Waals surface area (Å²) in [4.78, 5) is 27.9. The molecule has 2 amide bonds. The molecule has 0 spiro atoms. The van der Waals surface area contributed by atoms with Crippen LogP contribution in [0, 0.1) is 11.8 Å². The second-order valence-electron chi connectivity index (χ2n) is 5.22. The molecule has 0 aromatic heterocycles. The Morgan fingerprint density at radius 1 is 1.00 bits per heavy atom. The topological polar surface area (TPSA) is 40.6 Å². The second kappa shape index (κ2) is 6.00. The number of hydrogen-bond donors (Lipinski definition) is 0. The third-order valence-electron chi connectivity index (χ3n) is 3.80. The zero-order valence-electron chi connectivity index (χ0n) is 11.6. The van der Waals surface area contributed by atoms with Gasteiger partial charge in [-0.15, -0.1) is 0 Å². The molecule has 1 saturated heterocycles. The predicted octanol–water partition coefficient (Wildman–Crippen LogP) is 2.14. The maximum Gasteiger partial charge on any atom is 0.262 e. The molecule has 0 N–H and O–H groups in total. The van der Waals surface area contributed by atoms with E-state index in [4.69, 9.17) is 0 Å². The number of halogens is 1. The Morgan fingerprint density at radius 2 is 1.67 bits per heavy atom. The summed E-state index contributed by atoms with van der Waals surface area (Å²) in [6.45, 7) is 3.07. The van der Waals surface area contributed by atoms with Crippen LogP contribution in [0.15, 0.2) is 22.7 Å². The van der Waals surface area contributed by atoms with E-state index in [0.29, 0.717) is 17.7 Å². The fraction of sp³-hybridized carbons (Fsp3) is 0.375. The second-order valence-corrected chi connectivity index (χ2v) is 6.14. The first-order valence-electron chi connectivity index (χ1n) is 7.00. The molecule has 0 aliphatic carbocycles. The van der Waals surface area contributed by atoms with Gasteiger partial charge in [0, 0.05) is 4.47 Å². The Labute approximate surface area is 132 Å². The molecular weight excluding hydrogens is 332 g/mol. The lowest BCUT2D eigenvalue weighted by Gasteiger charge is -2.10. The SMILES string of the molecule is O=C1c2ccc(Br)cc2C(=O)N1CC#CCN1CCCC1. The highest BCUT2D eigenvalue weighted by Crippen LogP contribution is 2.25. The monoisotopic (exact) mass is 346 g/mol. The van der Waals surface area contributed by atoms with Gasteiger partial charge in [0.15, 0.2) is 0 Å². The van der Waals surface area contributed by atoms with Crippen molar-refractivity contribution in [2.24, 2.45) is 0 Å². The van der Waals surface area contributed by atoms with E-state index in [9.17, 15) is 9.59 Å². The smallest absolute Gasteiger partial charge is 0.262 e. The number of benzene rings is 1. The average molecular weight is 347 g/mol. The van der Waals surface area contributed by atoms with Crippen LogP contribution in [0.4, 0.5) is 0 Å². The van der Waals surface area contributed by atoms with Crippen LogP contribution in [0.3, 0.4) is 0 Å². The third-order valence-corrected chi connectivity index (χ3v) is 4.29. The predicted molar refractivity (Wildman–Crippen MR) is 83.0 cm³/mol. The van der Waals surface area contributed by atoms with E-state index in [-0.39, 0.29) is 18.4 Å². The summed E-state index contributed by atoms with van der Waals surface area (Å²) in [6, 6.07) is 5.14. The van der Waals surface area contributed by atoms with E-state index in [2.05, 4.69) is 32.7 Å². The summed E-state index contributed by atoms with van der Waals surface area (Å²) in [6.07, 6.45) is 2.46. The van der Waals surface area contributed by atoms with Crippen molar-refractivity contribution in [1.29, 1.82) is 0 Å². The molecule has 0 radical (unpaired) electrons. The minimum absolute atomic E-state index is 0.164. The molecule has 1 aromatic rings. The summed E-state index contributed by atoms with van der Waals surface area (Å²) >= 11 is 3.32. The lowest BCUT2D eigenvalue weighted by atomic mass is 10.1. The van der Waals surface area contributed by atoms with E-state index in [1.165, 1.54) is 17.7 Å². The Hall–Kier alpha value is -1.64. The van der Waals surface area contributed by atoms with E-state index in [1.807, 2.05) is 0 Å². The molecule has 21 heavy (non-hydrogen) atoms. The fourth-order valence-electron chi connectivity index (χ4n) is 2.65. The molecule has 0 unspecified atom stereocenters. The van der Waals surface area contributed by atoms with Gasteiger partial charge in [-0.25, -0.2) is 0 Å². The maximum atomic E-state index is 12.2. The molecule has 1 fully saturated rings. The van der Waals surface area contributed by atoms with Crippen LogP contribution in [0.2, 0.25) is 0 Å². The highest BCUT2D eigenvalue weighted by molar-refractivity contribution is 9.10. The Bertz CT molecular complexity index is 654. The number of carbonyl (C=O) groups is 2. The molecule has 2 aliphatic rings. The summed E-state index contributed by atoms with van der Waals surface area (Å²) in [7, 11) is 0. The fourth-order valence-corrected chi connectivity index (χ4v) is 3.01. The summed E-state index contributed by atoms with van der Waals surface area (Å²) in [5, 5.41) is 0. The molecule has 2 heterocycles. The largest absolute Gasteiger partial charge is 0.292 e. The van der Waals surface area contributed by atoms with E-state index >= 15 is 0 Å². The number of amides is 2. The Morgan fingerprint density at radius 3 is 2.43 bits per heavy atom. The number of imide groups is 1. The van der Waals surface area contributed by atoms with Crippen LogP contribution in [-0.4, -0.2) is 47.8 Å². The summed E-state index contributed by atoms with van der Waals surface area (Å²) in [5.74, 6) is 5.49. The van der Waals surface area contributed by atoms with Crippen LogP contribution in [0.5, 0.6) is 0 Å². The molecule has 3 rings (SSSR count). The molecule has 4 nitrogen and oxygen atoms in total. The van der Waals surface area contributed by atoms with Crippen LogP contribution in [-0.2, 0) is 0 Å². The Balaban J connectivity index is 1.66. The lowest BCUT2D eigenvalue weighted by Crippen LogP contribution is -2.30. The van der Waals surface area contributed by atoms with Crippen molar-refractivity contribution in [3.63, 3.8) is 0 Å². The molecule has 1 aromatic carbocycles. The standard InChI is InChI=1S/C16H15BrN2O2/c17-12-5-6-13-14(11-12)16(21)19(15(13)20)10-4-3-9-18-7-1-2-8-18/h5-6,11H,1-2,7-10H2. The van der Waals surface area contributed by atoms with E-state index in [0.717, 1.165) is 17.6 Å². The molecule has 5 heteroatoms. The van der Waals surface area contributed by atoms with Crippen LogP contribution >= 0.6 is 15.9 Å². The van der Waals surface area contributed by atoms with Gasteiger partial charge in [-0.1, -0.05) is 27.8 Å². The molecule has 108 valence electrons. The van der Waals surface area contributed by atoms with Gasteiger partial charge in [-0.05, 0) is 44.1 Å². The van der Waals surface area contributed by atoms with Crippen LogP contribution in [0.1, 0.15) is 33.6 Å². The van der Waals surface area contributed by atoms with Crippen molar-refractivity contribution in [3.05, 3.63) is 33.8 Å². The number of hydrogen-bond acceptors (Lipinski definition) is 3. The zero-order chi connectivity index (χ0) is 14.8. The lowest BCUT2D eigenvalue weighted by molar-refractivity contribution is 0.0675. The van der Waals surface area contributed by atoms with Crippen molar-refractivity contribution < 1.29 is 9.59 Å². The number of likely N-dealkylation sites (tertiary alicyclic amines) is 1. The Kier molecular flexibility index (Phi) is 4.09. The highest BCUT2D eigenvalue weighted by atomic mass is 79.9. The van der Waals surface area contributed by atoms with Gasteiger partial charge in [0.25, 0.3) is 11.8 Å². The summed E-state index contributed by atoms with van der Waals surface area (Å²) < 4.78 is 0.796. The van der Waals surface area contributed by atoms with E-state index < -0.39 is 0 Å². The molecule has 0 saturated carbocycles. The zero-order valence-corrected chi connectivity index (χ0v) is 13.1. The number of nitrogens with zero attached hydrogens (tertiary/aromatic N) is 2.